The summed E-state index contributed by atoms with van der Waals surface area (Å²) in [6.07, 6.45) is 8.10. The van der Waals surface area contributed by atoms with Gasteiger partial charge in [0.15, 0.2) is 0 Å². The highest BCUT2D eigenvalue weighted by Crippen LogP contribution is 2.36. The Kier molecular flexibility index (Phi) is 6.24. The van der Waals surface area contributed by atoms with Crippen LogP contribution in [0.1, 0.15) is 38.5 Å². The third-order valence-electron chi connectivity index (χ3n) is 7.11. The molecule has 0 bridgehead atoms. The molecular weight excluding hydrogens is 429 g/mol. The van der Waals surface area contributed by atoms with E-state index in [2.05, 4.69) is 44.8 Å². The zero-order chi connectivity index (χ0) is 17.3. The number of ether oxygens (including phenoxy) is 1. The molecule has 1 aliphatic carbocycles. The van der Waals surface area contributed by atoms with Gasteiger partial charge in [0, 0.05) is 38.8 Å². The van der Waals surface area contributed by atoms with Crippen LogP contribution in [0.15, 0.2) is 0 Å². The fraction of sp³-hybridized carbons (Fsp3) is 1.00. The molecule has 0 N–H and O–H groups in total. The molecule has 3 heterocycles. The Labute approximate surface area is 167 Å². The molecule has 1 spiro atoms. The molecule has 4 rings (SSSR count). The second kappa shape index (κ2) is 8.27. The number of rotatable bonds is 4. The molecule has 1 saturated carbocycles. The Bertz CT molecular complexity index is 430. The lowest BCUT2D eigenvalue weighted by Crippen LogP contribution is -2.61. The molecule has 5 nitrogen and oxygen atoms in total. The minimum Gasteiger partial charge on any atom is -0.372 e. The number of hydrogen-bond acceptors (Lipinski definition) is 5. The quantitative estimate of drug-likeness (QED) is 0.598. The lowest BCUT2D eigenvalue weighted by Gasteiger charge is -2.52. The summed E-state index contributed by atoms with van der Waals surface area (Å²) >= 11 is 2.06. The molecule has 0 atom stereocenters. The number of nitrogens with zero attached hydrogens (tertiary/aromatic N) is 3. The van der Waals surface area contributed by atoms with Gasteiger partial charge in [-0.05, 0) is 64.6 Å². The van der Waals surface area contributed by atoms with E-state index >= 15 is 0 Å². The van der Waals surface area contributed by atoms with Crippen molar-refractivity contribution in [2.75, 3.05) is 59.5 Å². The van der Waals surface area contributed by atoms with Gasteiger partial charge in [0.2, 0.25) is 0 Å². The van der Waals surface area contributed by atoms with E-state index in [0.29, 0.717) is 6.10 Å². The molecule has 25 heavy (non-hydrogen) atoms. The number of piperidine rings is 2. The van der Waals surface area contributed by atoms with Crippen LogP contribution in [0.4, 0.5) is 0 Å². The van der Waals surface area contributed by atoms with Gasteiger partial charge in [0.25, 0.3) is 0 Å². The number of likely N-dealkylation sites (tertiary alicyclic amines) is 2. The van der Waals surface area contributed by atoms with Gasteiger partial charge in [0.1, 0.15) is 23.0 Å². The number of morpholine rings is 1. The second-order valence-corrected chi connectivity index (χ2v) is 9.39. The summed E-state index contributed by atoms with van der Waals surface area (Å²) in [7, 11) is 2.25. The predicted molar refractivity (Wildman–Crippen MR) is 108 cm³/mol. The van der Waals surface area contributed by atoms with Crippen LogP contribution >= 0.6 is 23.0 Å². The van der Waals surface area contributed by atoms with Crippen LogP contribution < -0.4 is 0 Å². The standard InChI is InChI=1S/C19H34IN3O2/c1-21-6-2-16(3-7-21)14-22-8-4-19(5-9-22)15-23(10-11-24-19)17-12-18(13-17)25-20/h16-18H,2-15H2,1H3. The van der Waals surface area contributed by atoms with Gasteiger partial charge in [-0.2, -0.15) is 0 Å². The van der Waals surface area contributed by atoms with Crippen molar-refractivity contribution in [1.82, 2.24) is 14.7 Å². The van der Waals surface area contributed by atoms with Gasteiger partial charge >= 0.3 is 0 Å². The summed E-state index contributed by atoms with van der Waals surface area (Å²) in [4.78, 5) is 7.88. The van der Waals surface area contributed by atoms with E-state index in [1.807, 2.05) is 0 Å². The maximum absolute atomic E-state index is 6.35. The topological polar surface area (TPSA) is 28.2 Å². The molecule has 0 aromatic carbocycles. The Morgan fingerprint density at radius 2 is 1.80 bits per heavy atom. The third-order valence-corrected chi connectivity index (χ3v) is 7.83. The minimum atomic E-state index is 0.137. The molecule has 3 saturated heterocycles. The average Bonchev–Trinajstić information content (AvgIpc) is 2.59. The molecule has 0 aromatic heterocycles. The maximum atomic E-state index is 6.35. The van der Waals surface area contributed by atoms with Crippen molar-refractivity contribution >= 4 is 23.0 Å². The Balaban J connectivity index is 1.23. The first-order chi connectivity index (χ1) is 12.2. The summed E-state index contributed by atoms with van der Waals surface area (Å²) in [5.74, 6) is 0.911. The summed E-state index contributed by atoms with van der Waals surface area (Å²) in [5.41, 5.74) is 0.137. The summed E-state index contributed by atoms with van der Waals surface area (Å²) < 4.78 is 11.8. The zero-order valence-corrected chi connectivity index (χ0v) is 17.8. The first kappa shape index (κ1) is 18.9. The van der Waals surface area contributed by atoms with Gasteiger partial charge in [0.05, 0.1) is 18.3 Å². The van der Waals surface area contributed by atoms with Crippen LogP contribution in [0.3, 0.4) is 0 Å². The van der Waals surface area contributed by atoms with Gasteiger partial charge < -0.3 is 17.6 Å². The molecule has 0 aromatic rings. The van der Waals surface area contributed by atoms with Crippen molar-refractivity contribution in [3.63, 3.8) is 0 Å². The van der Waals surface area contributed by atoms with E-state index in [9.17, 15) is 0 Å². The molecule has 0 unspecified atom stereocenters. The molecule has 144 valence electrons. The highest BCUT2D eigenvalue weighted by molar-refractivity contribution is 14.1. The number of halogens is 1. The van der Waals surface area contributed by atoms with Crippen molar-refractivity contribution in [3.8, 4) is 0 Å². The van der Waals surface area contributed by atoms with Crippen LogP contribution in [-0.2, 0) is 7.80 Å². The first-order valence-electron chi connectivity index (χ1n) is 10.2. The molecule has 0 radical (unpaired) electrons. The zero-order valence-electron chi connectivity index (χ0n) is 15.7. The van der Waals surface area contributed by atoms with Crippen molar-refractivity contribution < 1.29 is 7.80 Å². The lowest BCUT2D eigenvalue weighted by molar-refractivity contribution is -0.154. The second-order valence-electron chi connectivity index (χ2n) is 8.89. The highest BCUT2D eigenvalue weighted by atomic mass is 127. The maximum Gasteiger partial charge on any atom is 0.110 e. The van der Waals surface area contributed by atoms with Crippen LogP contribution in [-0.4, -0.2) is 91.9 Å². The van der Waals surface area contributed by atoms with Crippen molar-refractivity contribution in [2.24, 2.45) is 5.92 Å². The van der Waals surface area contributed by atoms with Gasteiger partial charge in [-0.3, -0.25) is 4.90 Å². The Morgan fingerprint density at radius 3 is 2.48 bits per heavy atom. The molecule has 0 amide bonds. The van der Waals surface area contributed by atoms with Crippen LogP contribution in [0.2, 0.25) is 0 Å². The summed E-state index contributed by atoms with van der Waals surface area (Å²) in [6, 6.07) is 0.734. The van der Waals surface area contributed by atoms with Crippen molar-refractivity contribution in [1.29, 1.82) is 0 Å². The largest absolute Gasteiger partial charge is 0.372 e. The van der Waals surface area contributed by atoms with Crippen LogP contribution in [0.25, 0.3) is 0 Å². The van der Waals surface area contributed by atoms with Gasteiger partial charge in [-0.25, -0.2) is 0 Å². The Hall–Kier alpha value is 0.530. The molecule has 3 aliphatic heterocycles. The van der Waals surface area contributed by atoms with E-state index in [1.165, 1.54) is 71.2 Å². The molecule has 4 aliphatic rings. The smallest absolute Gasteiger partial charge is 0.110 e. The summed E-state index contributed by atoms with van der Waals surface area (Å²) in [6.45, 7) is 9.50. The Morgan fingerprint density at radius 1 is 1.08 bits per heavy atom. The third kappa shape index (κ3) is 4.51. The van der Waals surface area contributed by atoms with Gasteiger partial charge in [-0.1, -0.05) is 0 Å². The lowest BCUT2D eigenvalue weighted by atomic mass is 9.83. The van der Waals surface area contributed by atoms with E-state index < -0.39 is 0 Å². The SMILES string of the molecule is CN1CCC(CN2CCC3(CC2)CN(C2CC(OI)C2)CCO3)CC1. The predicted octanol–water partition coefficient (Wildman–Crippen LogP) is 2.39. The molecular formula is C19H34IN3O2. The van der Waals surface area contributed by atoms with E-state index in [-0.39, 0.29) is 5.60 Å². The average molecular weight is 463 g/mol. The van der Waals surface area contributed by atoms with Crippen molar-refractivity contribution in [2.45, 2.75) is 56.3 Å². The molecule has 6 heteroatoms. The first-order valence-corrected chi connectivity index (χ1v) is 11.1. The number of hydrogen-bond donors (Lipinski definition) is 0. The van der Waals surface area contributed by atoms with E-state index in [4.69, 9.17) is 7.80 Å². The fourth-order valence-corrected chi connectivity index (χ4v) is 5.57. The highest BCUT2D eigenvalue weighted by Gasteiger charge is 2.44. The van der Waals surface area contributed by atoms with E-state index in [1.54, 1.807) is 0 Å². The summed E-state index contributed by atoms with van der Waals surface area (Å²) in [5, 5.41) is 0. The normalized spacial score (nSPS) is 35.8. The van der Waals surface area contributed by atoms with Crippen LogP contribution in [0, 0.1) is 5.92 Å². The van der Waals surface area contributed by atoms with Gasteiger partial charge in [-0.15, -0.1) is 0 Å². The minimum absolute atomic E-state index is 0.137. The van der Waals surface area contributed by atoms with E-state index in [0.717, 1.165) is 31.7 Å². The van der Waals surface area contributed by atoms with Crippen molar-refractivity contribution in [3.05, 3.63) is 0 Å². The van der Waals surface area contributed by atoms with Crippen LogP contribution in [0.5, 0.6) is 0 Å². The fourth-order valence-electron chi connectivity index (χ4n) is 5.15. The monoisotopic (exact) mass is 463 g/mol. The molecule has 4 fully saturated rings.